The maximum absolute atomic E-state index is 12.0. The fraction of sp³-hybridized carbons (Fsp3) is 0.643. The third-order valence-electron chi connectivity index (χ3n) is 4.13. The summed E-state index contributed by atoms with van der Waals surface area (Å²) in [5.74, 6) is 1.50. The van der Waals surface area contributed by atoms with E-state index in [0.717, 1.165) is 12.8 Å². The summed E-state index contributed by atoms with van der Waals surface area (Å²) < 4.78 is 0. The van der Waals surface area contributed by atoms with Crippen LogP contribution >= 0.6 is 11.8 Å². The third kappa shape index (κ3) is 4.49. The van der Waals surface area contributed by atoms with Gasteiger partial charge in [-0.05, 0) is 18.3 Å². The van der Waals surface area contributed by atoms with Crippen molar-refractivity contribution in [1.29, 1.82) is 0 Å². The number of hydrogen-bond donors (Lipinski definition) is 3. The molecule has 4 N–H and O–H groups in total. The van der Waals surface area contributed by atoms with Crippen molar-refractivity contribution in [2.24, 2.45) is 11.8 Å². The summed E-state index contributed by atoms with van der Waals surface area (Å²) in [5, 5.41) is 3.46. The fourth-order valence-electron chi connectivity index (χ4n) is 2.69. The Balaban J connectivity index is 1.86. The molecule has 0 radical (unpaired) electrons. The van der Waals surface area contributed by atoms with Crippen LogP contribution in [0.5, 0.6) is 0 Å². The molecule has 3 atom stereocenters. The van der Waals surface area contributed by atoms with Gasteiger partial charge in [-0.15, -0.1) is 0 Å². The van der Waals surface area contributed by atoms with Gasteiger partial charge in [0.05, 0.1) is 5.75 Å². The molecule has 1 aromatic heterocycles. The lowest BCUT2D eigenvalue weighted by molar-refractivity contribution is -0.120. The molecule has 0 saturated heterocycles. The molecule has 0 aromatic carbocycles. The van der Waals surface area contributed by atoms with E-state index in [9.17, 15) is 9.59 Å². The molecule has 1 aliphatic rings. The maximum atomic E-state index is 12.0. The summed E-state index contributed by atoms with van der Waals surface area (Å²) in [6.07, 6.45) is 3.43. The minimum absolute atomic E-state index is 0.0315. The van der Waals surface area contributed by atoms with E-state index in [1.54, 1.807) is 0 Å². The van der Waals surface area contributed by atoms with Gasteiger partial charge in [-0.3, -0.25) is 9.59 Å². The molecule has 1 fully saturated rings. The summed E-state index contributed by atoms with van der Waals surface area (Å²) in [6.45, 7) is 4.43. The molecule has 21 heavy (non-hydrogen) atoms. The molecule has 7 heteroatoms. The molecule has 116 valence electrons. The molecule has 0 aliphatic heterocycles. The number of carbonyl (C=O) groups is 1. The summed E-state index contributed by atoms with van der Waals surface area (Å²) in [7, 11) is 0. The Morgan fingerprint density at radius 2 is 2.29 bits per heavy atom. The zero-order valence-corrected chi connectivity index (χ0v) is 13.2. The number of rotatable bonds is 4. The van der Waals surface area contributed by atoms with Gasteiger partial charge in [-0.25, -0.2) is 4.98 Å². The van der Waals surface area contributed by atoms with E-state index in [-0.39, 0.29) is 29.1 Å². The highest BCUT2D eigenvalue weighted by atomic mass is 32.2. The van der Waals surface area contributed by atoms with Gasteiger partial charge in [0.2, 0.25) is 5.91 Å². The lowest BCUT2D eigenvalue weighted by Gasteiger charge is -2.34. The smallest absolute Gasteiger partial charge is 0.253 e. The SMILES string of the molecule is C[C@@H]1[C@H](C)CCC[C@H]1NC(=O)CSc1nc(N)cc(=O)[nH]1. The second-order valence-electron chi connectivity index (χ2n) is 5.71. The van der Waals surface area contributed by atoms with Gasteiger partial charge >= 0.3 is 0 Å². The van der Waals surface area contributed by atoms with E-state index in [2.05, 4.69) is 29.1 Å². The lowest BCUT2D eigenvalue weighted by atomic mass is 9.78. The van der Waals surface area contributed by atoms with Gasteiger partial charge in [0.15, 0.2) is 5.16 Å². The van der Waals surface area contributed by atoms with Gasteiger partial charge in [-0.1, -0.05) is 38.5 Å². The van der Waals surface area contributed by atoms with Crippen LogP contribution in [0, 0.1) is 11.8 Å². The average Bonchev–Trinajstić information content (AvgIpc) is 2.41. The molecule has 1 amide bonds. The number of amides is 1. The molecule has 6 nitrogen and oxygen atoms in total. The number of thioether (sulfide) groups is 1. The Hall–Kier alpha value is -1.50. The van der Waals surface area contributed by atoms with Crippen LogP contribution in [0.3, 0.4) is 0 Å². The van der Waals surface area contributed by atoms with E-state index < -0.39 is 0 Å². The topological polar surface area (TPSA) is 101 Å². The Bertz CT molecular complexity index is 560. The van der Waals surface area contributed by atoms with Crippen LogP contribution in [0.25, 0.3) is 0 Å². The van der Waals surface area contributed by atoms with E-state index in [4.69, 9.17) is 5.73 Å². The van der Waals surface area contributed by atoms with Crippen molar-refractivity contribution < 1.29 is 4.79 Å². The zero-order valence-electron chi connectivity index (χ0n) is 12.4. The Labute approximate surface area is 128 Å². The number of nitrogens with two attached hydrogens (primary N) is 1. The average molecular weight is 310 g/mol. The standard InChI is InChI=1S/C14H22N4O2S/c1-8-4-3-5-10(9(8)2)16-13(20)7-21-14-17-11(15)6-12(19)18-14/h6,8-10H,3-5,7H2,1-2H3,(H,16,20)(H3,15,17,18,19)/t8-,9-,10-/m1/s1. The summed E-state index contributed by atoms with van der Waals surface area (Å²) >= 11 is 1.19. The number of aromatic nitrogens is 2. The molecule has 0 unspecified atom stereocenters. The van der Waals surface area contributed by atoms with Crippen LogP contribution in [0.4, 0.5) is 5.82 Å². The van der Waals surface area contributed by atoms with Crippen molar-refractivity contribution in [3.8, 4) is 0 Å². The van der Waals surface area contributed by atoms with Crippen LogP contribution in [0.1, 0.15) is 33.1 Å². The molecule has 1 aliphatic carbocycles. The van der Waals surface area contributed by atoms with Crippen molar-refractivity contribution in [2.75, 3.05) is 11.5 Å². The van der Waals surface area contributed by atoms with Crippen LogP contribution in [0.15, 0.2) is 16.0 Å². The third-order valence-corrected chi connectivity index (χ3v) is 5.01. The Morgan fingerprint density at radius 3 is 3.00 bits per heavy atom. The van der Waals surface area contributed by atoms with Crippen LogP contribution in [0.2, 0.25) is 0 Å². The number of nitrogens with zero attached hydrogens (tertiary/aromatic N) is 1. The highest BCUT2D eigenvalue weighted by Gasteiger charge is 2.27. The van der Waals surface area contributed by atoms with Gasteiger partial charge in [0, 0.05) is 12.1 Å². The number of aromatic amines is 1. The molecule has 1 saturated carbocycles. The largest absolute Gasteiger partial charge is 0.383 e. The predicted octanol–water partition coefficient (Wildman–Crippen LogP) is 1.39. The molecular formula is C14H22N4O2S. The fourth-order valence-corrected chi connectivity index (χ4v) is 3.38. The molecule has 2 rings (SSSR count). The molecule has 1 aromatic rings. The zero-order chi connectivity index (χ0) is 15.4. The maximum Gasteiger partial charge on any atom is 0.253 e. The first kappa shape index (κ1) is 15.9. The van der Waals surface area contributed by atoms with Crippen LogP contribution in [-0.4, -0.2) is 27.7 Å². The van der Waals surface area contributed by atoms with Crippen molar-refractivity contribution in [2.45, 2.75) is 44.3 Å². The summed E-state index contributed by atoms with van der Waals surface area (Å²) in [5.41, 5.74) is 5.20. The Morgan fingerprint density at radius 1 is 1.52 bits per heavy atom. The quantitative estimate of drug-likeness (QED) is 0.576. The molecule has 1 heterocycles. The van der Waals surface area contributed by atoms with E-state index in [1.165, 1.54) is 24.2 Å². The van der Waals surface area contributed by atoms with E-state index in [0.29, 0.717) is 17.0 Å². The first-order valence-corrected chi connectivity index (χ1v) is 8.23. The molecule has 0 bridgehead atoms. The first-order valence-electron chi connectivity index (χ1n) is 7.24. The number of hydrogen-bond acceptors (Lipinski definition) is 5. The summed E-state index contributed by atoms with van der Waals surface area (Å²) in [4.78, 5) is 29.8. The van der Waals surface area contributed by atoms with E-state index in [1.807, 2.05) is 0 Å². The predicted molar refractivity (Wildman–Crippen MR) is 84.1 cm³/mol. The van der Waals surface area contributed by atoms with Gasteiger partial charge in [0.1, 0.15) is 5.82 Å². The van der Waals surface area contributed by atoms with Crippen molar-refractivity contribution in [3.05, 3.63) is 16.4 Å². The monoisotopic (exact) mass is 310 g/mol. The van der Waals surface area contributed by atoms with Gasteiger partial charge in [0.25, 0.3) is 5.56 Å². The van der Waals surface area contributed by atoms with Crippen LogP contribution in [-0.2, 0) is 4.79 Å². The first-order chi connectivity index (χ1) is 9.95. The van der Waals surface area contributed by atoms with Crippen LogP contribution < -0.4 is 16.6 Å². The number of anilines is 1. The molecular weight excluding hydrogens is 288 g/mol. The number of nitrogens with one attached hydrogen (secondary N) is 2. The second kappa shape index (κ2) is 6.98. The van der Waals surface area contributed by atoms with Crippen molar-refractivity contribution in [1.82, 2.24) is 15.3 Å². The van der Waals surface area contributed by atoms with Crippen molar-refractivity contribution >= 4 is 23.5 Å². The number of nitrogen functional groups attached to an aromatic ring is 1. The summed E-state index contributed by atoms with van der Waals surface area (Å²) in [6, 6.07) is 1.46. The number of H-pyrrole nitrogens is 1. The highest BCUT2D eigenvalue weighted by Crippen LogP contribution is 2.29. The van der Waals surface area contributed by atoms with Gasteiger partial charge < -0.3 is 16.0 Å². The minimum atomic E-state index is -0.305. The normalized spacial score (nSPS) is 25.5. The minimum Gasteiger partial charge on any atom is -0.383 e. The molecule has 0 spiro atoms. The lowest BCUT2D eigenvalue weighted by Crippen LogP contribution is -2.44. The van der Waals surface area contributed by atoms with E-state index >= 15 is 0 Å². The number of carbonyl (C=O) groups excluding carboxylic acids is 1. The highest BCUT2D eigenvalue weighted by molar-refractivity contribution is 7.99. The second-order valence-corrected chi connectivity index (χ2v) is 6.67. The Kier molecular flexibility index (Phi) is 5.27. The van der Waals surface area contributed by atoms with Crippen molar-refractivity contribution in [3.63, 3.8) is 0 Å². The van der Waals surface area contributed by atoms with Gasteiger partial charge in [-0.2, -0.15) is 0 Å².